The van der Waals surface area contributed by atoms with E-state index in [0.717, 1.165) is 17.2 Å². The molecule has 3 heteroatoms. The summed E-state index contributed by atoms with van der Waals surface area (Å²) in [5.74, 6) is 0.750. The van der Waals surface area contributed by atoms with E-state index >= 15 is 0 Å². The molecule has 1 aromatic heterocycles. The molecule has 0 bridgehead atoms. The van der Waals surface area contributed by atoms with E-state index in [1.54, 1.807) is 0 Å². The zero-order valence-electron chi connectivity index (χ0n) is 8.95. The minimum Gasteiger partial charge on any atom is -0.374 e. The summed E-state index contributed by atoms with van der Waals surface area (Å²) >= 11 is 0. The third-order valence-corrected chi connectivity index (χ3v) is 1.69. The van der Waals surface area contributed by atoms with Crippen LogP contribution >= 0.6 is 0 Å². The Morgan fingerprint density at radius 1 is 1.43 bits per heavy atom. The van der Waals surface area contributed by atoms with Crippen LogP contribution in [0.25, 0.3) is 6.08 Å². The summed E-state index contributed by atoms with van der Waals surface area (Å²) in [6.07, 6.45) is 3.93. The van der Waals surface area contributed by atoms with E-state index in [2.05, 4.69) is 9.97 Å². The highest BCUT2D eigenvalue weighted by Gasteiger charge is 1.99. The van der Waals surface area contributed by atoms with E-state index < -0.39 is 0 Å². The maximum atomic E-state index is 5.26. The van der Waals surface area contributed by atoms with Crippen molar-refractivity contribution in [2.45, 2.75) is 27.4 Å². The lowest BCUT2D eigenvalue weighted by atomic mass is 10.3. The van der Waals surface area contributed by atoms with Crippen molar-refractivity contribution in [2.75, 3.05) is 6.61 Å². The zero-order chi connectivity index (χ0) is 10.4. The number of hydrogen-bond donors (Lipinski definition) is 0. The number of aryl methyl sites for hydroxylation is 1. The molecule has 0 N–H and O–H groups in total. The third kappa shape index (κ3) is 3.26. The van der Waals surface area contributed by atoms with Crippen LogP contribution in [0.2, 0.25) is 0 Å². The molecule has 0 radical (unpaired) electrons. The Hall–Kier alpha value is -1.22. The van der Waals surface area contributed by atoms with Crippen LogP contribution in [0.5, 0.6) is 0 Å². The molecule has 0 aliphatic rings. The second kappa shape index (κ2) is 5.50. The number of ether oxygens (including phenoxy) is 1. The largest absolute Gasteiger partial charge is 0.374 e. The quantitative estimate of drug-likeness (QED) is 0.734. The minimum atomic E-state index is 0.489. The van der Waals surface area contributed by atoms with Crippen molar-refractivity contribution < 1.29 is 4.74 Å². The first-order valence-electron chi connectivity index (χ1n) is 4.81. The van der Waals surface area contributed by atoms with Crippen molar-refractivity contribution in [1.29, 1.82) is 0 Å². The Labute approximate surface area is 84.8 Å². The SMILES string of the molecule is C/C=C/c1cc(C)nc(COCC)n1. The number of hydrogen-bond acceptors (Lipinski definition) is 3. The van der Waals surface area contributed by atoms with E-state index in [1.807, 2.05) is 39.0 Å². The van der Waals surface area contributed by atoms with Crippen molar-refractivity contribution in [3.05, 3.63) is 29.4 Å². The van der Waals surface area contributed by atoms with Gasteiger partial charge in [-0.2, -0.15) is 0 Å². The van der Waals surface area contributed by atoms with E-state index in [-0.39, 0.29) is 0 Å². The van der Waals surface area contributed by atoms with Crippen molar-refractivity contribution in [1.82, 2.24) is 9.97 Å². The third-order valence-electron chi connectivity index (χ3n) is 1.69. The number of rotatable bonds is 4. The van der Waals surface area contributed by atoms with E-state index in [1.165, 1.54) is 0 Å². The maximum Gasteiger partial charge on any atom is 0.154 e. The van der Waals surface area contributed by atoms with Gasteiger partial charge in [0.25, 0.3) is 0 Å². The molecule has 0 saturated carbocycles. The van der Waals surface area contributed by atoms with Crippen LogP contribution < -0.4 is 0 Å². The Balaban J connectivity index is 2.83. The zero-order valence-corrected chi connectivity index (χ0v) is 8.95. The number of allylic oxidation sites excluding steroid dienone is 1. The Morgan fingerprint density at radius 2 is 2.21 bits per heavy atom. The first-order chi connectivity index (χ1) is 6.76. The number of aromatic nitrogens is 2. The molecule has 0 fully saturated rings. The summed E-state index contributed by atoms with van der Waals surface area (Å²) in [5.41, 5.74) is 1.91. The van der Waals surface area contributed by atoms with Gasteiger partial charge in [-0.05, 0) is 32.9 Å². The van der Waals surface area contributed by atoms with Crippen LogP contribution in [0.1, 0.15) is 31.1 Å². The summed E-state index contributed by atoms with van der Waals surface area (Å²) in [6, 6.07) is 1.95. The highest BCUT2D eigenvalue weighted by atomic mass is 16.5. The fourth-order valence-corrected chi connectivity index (χ4v) is 1.17. The summed E-state index contributed by atoms with van der Waals surface area (Å²) in [4.78, 5) is 8.62. The standard InChI is InChI=1S/C11H16N2O/c1-4-6-10-7-9(3)12-11(13-10)8-14-5-2/h4,6-7H,5,8H2,1-3H3/b6-4+. The minimum absolute atomic E-state index is 0.489. The lowest BCUT2D eigenvalue weighted by Crippen LogP contribution is -2.01. The smallest absolute Gasteiger partial charge is 0.154 e. The van der Waals surface area contributed by atoms with Crippen LogP contribution in [0.3, 0.4) is 0 Å². The first kappa shape index (κ1) is 10.9. The molecule has 0 atom stereocenters. The molecule has 0 amide bonds. The maximum absolute atomic E-state index is 5.26. The average molecular weight is 192 g/mol. The molecular weight excluding hydrogens is 176 g/mol. The number of nitrogens with zero attached hydrogens (tertiary/aromatic N) is 2. The normalized spacial score (nSPS) is 11.1. The van der Waals surface area contributed by atoms with Crippen molar-refractivity contribution in [3.63, 3.8) is 0 Å². The van der Waals surface area contributed by atoms with Gasteiger partial charge in [0.15, 0.2) is 5.82 Å². The van der Waals surface area contributed by atoms with Gasteiger partial charge in [0.05, 0.1) is 5.69 Å². The van der Waals surface area contributed by atoms with Crippen molar-refractivity contribution >= 4 is 6.08 Å². The Bertz CT molecular complexity index is 321. The monoisotopic (exact) mass is 192 g/mol. The molecule has 0 unspecified atom stereocenters. The summed E-state index contributed by atoms with van der Waals surface area (Å²) in [7, 11) is 0. The van der Waals surface area contributed by atoms with Gasteiger partial charge in [-0.15, -0.1) is 0 Å². The molecule has 1 heterocycles. The second-order valence-electron chi connectivity index (χ2n) is 2.99. The molecule has 0 spiro atoms. The van der Waals surface area contributed by atoms with E-state index in [4.69, 9.17) is 4.74 Å². The fourth-order valence-electron chi connectivity index (χ4n) is 1.17. The van der Waals surface area contributed by atoms with Crippen LogP contribution in [0.15, 0.2) is 12.1 Å². The van der Waals surface area contributed by atoms with Gasteiger partial charge in [-0.3, -0.25) is 0 Å². The summed E-state index contributed by atoms with van der Waals surface area (Å²) in [5, 5.41) is 0. The summed E-state index contributed by atoms with van der Waals surface area (Å²) in [6.45, 7) is 7.07. The van der Waals surface area contributed by atoms with Crippen LogP contribution in [-0.4, -0.2) is 16.6 Å². The van der Waals surface area contributed by atoms with Gasteiger partial charge in [-0.25, -0.2) is 9.97 Å². The lowest BCUT2D eigenvalue weighted by molar-refractivity contribution is 0.128. The molecule has 3 nitrogen and oxygen atoms in total. The van der Waals surface area contributed by atoms with Crippen LogP contribution in [0, 0.1) is 6.92 Å². The molecular formula is C11H16N2O. The van der Waals surface area contributed by atoms with Crippen molar-refractivity contribution in [3.8, 4) is 0 Å². The molecule has 0 saturated heterocycles. The van der Waals surface area contributed by atoms with Gasteiger partial charge >= 0.3 is 0 Å². The highest BCUT2D eigenvalue weighted by Crippen LogP contribution is 2.03. The molecule has 1 rings (SSSR count). The summed E-state index contributed by atoms with van der Waals surface area (Å²) < 4.78 is 5.26. The second-order valence-corrected chi connectivity index (χ2v) is 2.99. The van der Waals surface area contributed by atoms with E-state index in [9.17, 15) is 0 Å². The van der Waals surface area contributed by atoms with Crippen LogP contribution in [0.4, 0.5) is 0 Å². The Morgan fingerprint density at radius 3 is 2.86 bits per heavy atom. The van der Waals surface area contributed by atoms with Gasteiger partial charge in [0, 0.05) is 12.3 Å². The van der Waals surface area contributed by atoms with Gasteiger partial charge in [0.2, 0.25) is 0 Å². The molecule has 14 heavy (non-hydrogen) atoms. The van der Waals surface area contributed by atoms with Gasteiger partial charge in [-0.1, -0.05) is 6.08 Å². The fraction of sp³-hybridized carbons (Fsp3) is 0.455. The Kier molecular flexibility index (Phi) is 4.26. The molecule has 76 valence electrons. The van der Waals surface area contributed by atoms with Crippen molar-refractivity contribution in [2.24, 2.45) is 0 Å². The molecule has 0 aliphatic heterocycles. The first-order valence-corrected chi connectivity index (χ1v) is 4.81. The average Bonchev–Trinajstić information content (AvgIpc) is 2.14. The molecule has 0 aromatic carbocycles. The highest BCUT2D eigenvalue weighted by molar-refractivity contribution is 5.44. The lowest BCUT2D eigenvalue weighted by Gasteiger charge is -2.02. The predicted molar refractivity (Wildman–Crippen MR) is 56.8 cm³/mol. The molecule has 0 aliphatic carbocycles. The van der Waals surface area contributed by atoms with Gasteiger partial charge < -0.3 is 4.74 Å². The predicted octanol–water partition coefficient (Wildman–Crippen LogP) is 2.35. The molecule has 1 aromatic rings. The van der Waals surface area contributed by atoms with Gasteiger partial charge in [0.1, 0.15) is 6.61 Å². The topological polar surface area (TPSA) is 35.0 Å². The van der Waals surface area contributed by atoms with Crippen LogP contribution in [-0.2, 0) is 11.3 Å². The van der Waals surface area contributed by atoms with E-state index in [0.29, 0.717) is 13.2 Å².